The third-order valence-electron chi connectivity index (χ3n) is 6.46. The molecule has 1 atom stereocenters. The number of amidine groups is 1. The summed E-state index contributed by atoms with van der Waals surface area (Å²) in [4.78, 5) is 35.0. The maximum absolute atomic E-state index is 13.0. The van der Waals surface area contributed by atoms with Crippen LogP contribution in [0.3, 0.4) is 0 Å². The van der Waals surface area contributed by atoms with Crippen molar-refractivity contribution in [3.63, 3.8) is 0 Å². The fourth-order valence-corrected chi connectivity index (χ4v) is 5.57. The van der Waals surface area contributed by atoms with E-state index in [1.807, 2.05) is 41.5 Å². The van der Waals surface area contributed by atoms with Crippen molar-refractivity contribution in [2.24, 2.45) is 4.99 Å². The van der Waals surface area contributed by atoms with Gasteiger partial charge in [0, 0.05) is 11.7 Å². The summed E-state index contributed by atoms with van der Waals surface area (Å²) < 4.78 is 10.6. The van der Waals surface area contributed by atoms with Crippen LogP contribution in [0.25, 0.3) is 0 Å². The van der Waals surface area contributed by atoms with E-state index >= 15 is 0 Å². The Bertz CT molecular complexity index is 1040. The third-order valence-corrected chi connectivity index (χ3v) is 7.35. The molecule has 0 aliphatic carbocycles. The molecule has 0 aromatic heterocycles. The molecule has 3 heterocycles. The number of likely N-dealkylation sites (tertiary alicyclic amines) is 1. The van der Waals surface area contributed by atoms with Gasteiger partial charge in [-0.05, 0) is 62.5 Å². The number of nitrogens with zero attached hydrogens (tertiary/aromatic N) is 3. The summed E-state index contributed by atoms with van der Waals surface area (Å²) in [5, 5.41) is 5.92. The zero-order chi connectivity index (χ0) is 24.2. The number of nitrogens with one attached hydrogen (secondary N) is 1. The quantitative estimate of drug-likeness (QED) is 0.594. The second kappa shape index (κ2) is 10.7. The first-order chi connectivity index (χ1) is 16.4. The van der Waals surface area contributed by atoms with E-state index in [0.29, 0.717) is 23.4 Å². The molecule has 3 aliphatic heterocycles. The molecule has 0 radical (unpaired) electrons. The molecular formula is C25H32N4O4S. The highest BCUT2D eigenvalue weighted by Crippen LogP contribution is 2.45. The van der Waals surface area contributed by atoms with Gasteiger partial charge in [0.15, 0.2) is 5.17 Å². The van der Waals surface area contributed by atoms with E-state index in [2.05, 4.69) is 17.3 Å². The Balaban J connectivity index is 1.64. The van der Waals surface area contributed by atoms with Crippen molar-refractivity contribution in [3.05, 3.63) is 52.2 Å². The predicted octanol–water partition coefficient (Wildman–Crippen LogP) is 3.43. The van der Waals surface area contributed by atoms with Gasteiger partial charge in [-0.25, -0.2) is 9.79 Å². The van der Waals surface area contributed by atoms with Crippen molar-refractivity contribution >= 4 is 28.8 Å². The first-order valence-electron chi connectivity index (χ1n) is 11.6. The topological polar surface area (TPSA) is 83.5 Å². The van der Waals surface area contributed by atoms with Crippen molar-refractivity contribution < 1.29 is 19.1 Å². The summed E-state index contributed by atoms with van der Waals surface area (Å²) >= 11 is 1.48. The van der Waals surface area contributed by atoms with Gasteiger partial charge < -0.3 is 24.6 Å². The van der Waals surface area contributed by atoms with Gasteiger partial charge in [-0.2, -0.15) is 0 Å². The van der Waals surface area contributed by atoms with Crippen molar-refractivity contribution in [1.29, 1.82) is 0 Å². The molecule has 0 saturated carbocycles. The predicted molar refractivity (Wildman–Crippen MR) is 133 cm³/mol. The average Bonchev–Trinajstić information content (AvgIpc) is 3.25. The van der Waals surface area contributed by atoms with Crippen LogP contribution in [0, 0.1) is 0 Å². The molecule has 182 valence electrons. The highest BCUT2D eigenvalue weighted by molar-refractivity contribution is 8.16. The van der Waals surface area contributed by atoms with Crippen LogP contribution in [0.4, 0.5) is 0 Å². The van der Waals surface area contributed by atoms with Crippen LogP contribution in [0.5, 0.6) is 5.75 Å². The minimum Gasteiger partial charge on any atom is -0.497 e. The molecule has 8 nitrogen and oxygen atoms in total. The van der Waals surface area contributed by atoms with E-state index in [1.165, 1.54) is 18.9 Å². The summed E-state index contributed by atoms with van der Waals surface area (Å²) in [5.74, 6) is 0.262. The lowest BCUT2D eigenvalue weighted by molar-refractivity contribution is -0.136. The van der Waals surface area contributed by atoms with Gasteiger partial charge in [0.1, 0.15) is 5.75 Å². The summed E-state index contributed by atoms with van der Waals surface area (Å²) in [6, 6.07) is 7.39. The van der Waals surface area contributed by atoms with Crippen molar-refractivity contribution in [1.82, 2.24) is 15.1 Å². The number of thioether (sulfide) groups is 1. The SMILES string of the molecule is CCC1=C(C(=O)OC)[C@H](c2cccc(OC)c2)N2C(CC(=O)NC3CCN(C)CC3)=CSC2=N1. The number of carbonyl (C=O) groups is 2. The maximum Gasteiger partial charge on any atom is 0.338 e. The summed E-state index contributed by atoms with van der Waals surface area (Å²) in [5.41, 5.74) is 2.88. The lowest BCUT2D eigenvalue weighted by atomic mass is 9.92. The zero-order valence-electron chi connectivity index (χ0n) is 20.2. The zero-order valence-corrected chi connectivity index (χ0v) is 21.0. The van der Waals surface area contributed by atoms with Crippen molar-refractivity contribution in [2.75, 3.05) is 34.4 Å². The monoisotopic (exact) mass is 484 g/mol. The van der Waals surface area contributed by atoms with E-state index in [1.54, 1.807) is 7.11 Å². The van der Waals surface area contributed by atoms with Crippen LogP contribution >= 0.6 is 11.8 Å². The minimum atomic E-state index is -0.456. The van der Waals surface area contributed by atoms with Gasteiger partial charge in [0.05, 0.1) is 38.0 Å². The molecule has 0 spiro atoms. The van der Waals surface area contributed by atoms with Gasteiger partial charge in [-0.3, -0.25) is 4.79 Å². The molecule has 0 unspecified atom stereocenters. The Morgan fingerprint density at radius 3 is 2.68 bits per heavy atom. The Hall–Kier alpha value is -2.78. The third kappa shape index (κ3) is 5.00. The van der Waals surface area contributed by atoms with Crippen LogP contribution in [0.15, 0.2) is 51.6 Å². The Labute approximate surface area is 205 Å². The smallest absolute Gasteiger partial charge is 0.338 e. The lowest BCUT2D eigenvalue weighted by Crippen LogP contribution is -2.44. The fraction of sp³-hybridized carbons (Fsp3) is 0.480. The number of hydrogen-bond donors (Lipinski definition) is 1. The van der Waals surface area contributed by atoms with Crippen molar-refractivity contribution in [2.45, 2.75) is 44.7 Å². The van der Waals surface area contributed by atoms with Gasteiger partial charge >= 0.3 is 5.97 Å². The molecule has 3 aliphatic rings. The number of methoxy groups -OCH3 is 2. The second-order valence-electron chi connectivity index (χ2n) is 8.70. The number of carbonyl (C=O) groups excluding carboxylic acids is 2. The van der Waals surface area contributed by atoms with Crippen molar-refractivity contribution in [3.8, 4) is 5.75 Å². The van der Waals surface area contributed by atoms with Gasteiger partial charge in [-0.15, -0.1) is 0 Å². The highest BCUT2D eigenvalue weighted by Gasteiger charge is 2.41. The summed E-state index contributed by atoms with van der Waals surface area (Å²) in [6.07, 6.45) is 2.71. The summed E-state index contributed by atoms with van der Waals surface area (Å²) in [7, 11) is 5.10. The van der Waals surface area contributed by atoms with Crippen LogP contribution < -0.4 is 10.1 Å². The number of amides is 1. The second-order valence-corrected chi connectivity index (χ2v) is 9.53. The molecule has 1 N–H and O–H groups in total. The molecule has 1 aromatic rings. The number of benzene rings is 1. The minimum absolute atomic E-state index is 0.0167. The number of aliphatic imine (C=N–C) groups is 1. The van der Waals surface area contributed by atoms with Gasteiger partial charge in [0.2, 0.25) is 5.91 Å². The Morgan fingerprint density at radius 2 is 2.00 bits per heavy atom. The number of ether oxygens (including phenoxy) is 2. The molecule has 1 fully saturated rings. The molecule has 9 heteroatoms. The number of rotatable bonds is 7. The number of allylic oxidation sites excluding steroid dienone is 1. The number of hydrogen-bond acceptors (Lipinski definition) is 8. The van der Waals surface area contributed by atoms with Crippen LogP contribution in [0.1, 0.15) is 44.2 Å². The van der Waals surface area contributed by atoms with E-state index in [0.717, 1.165) is 42.4 Å². The van der Waals surface area contributed by atoms with E-state index < -0.39 is 12.0 Å². The van der Waals surface area contributed by atoms with Crippen LogP contribution in [-0.4, -0.2) is 67.2 Å². The average molecular weight is 485 g/mol. The number of esters is 1. The Morgan fingerprint density at radius 1 is 1.24 bits per heavy atom. The van der Waals surface area contributed by atoms with E-state index in [9.17, 15) is 9.59 Å². The first kappa shape index (κ1) is 24.3. The van der Waals surface area contributed by atoms with Crippen LogP contribution in [-0.2, 0) is 14.3 Å². The molecule has 4 rings (SSSR count). The van der Waals surface area contributed by atoms with E-state index in [4.69, 9.17) is 14.5 Å². The standard InChI is InChI=1S/C25H32N4O4S/c1-5-20-22(24(31)33-4)23(16-7-6-8-19(13-16)32-3)29-18(15-34-25(29)27-20)14-21(30)26-17-9-11-28(2)12-10-17/h6-8,13,15,17,23H,5,9-12,14H2,1-4H3,(H,26,30)/t23-/m0/s1. The Kier molecular flexibility index (Phi) is 7.63. The van der Waals surface area contributed by atoms with E-state index in [-0.39, 0.29) is 18.4 Å². The maximum atomic E-state index is 13.0. The number of fused-ring (bicyclic) bond motifs is 1. The molecule has 1 amide bonds. The number of piperidine rings is 1. The highest BCUT2D eigenvalue weighted by atomic mass is 32.2. The normalized spacial score (nSPS) is 21.1. The molecule has 34 heavy (non-hydrogen) atoms. The van der Waals surface area contributed by atoms with Gasteiger partial charge in [0.25, 0.3) is 0 Å². The lowest BCUT2D eigenvalue weighted by Gasteiger charge is -2.37. The molecule has 1 aromatic carbocycles. The van der Waals surface area contributed by atoms with Crippen LogP contribution in [0.2, 0.25) is 0 Å². The van der Waals surface area contributed by atoms with Gasteiger partial charge in [-0.1, -0.05) is 30.8 Å². The fourth-order valence-electron chi connectivity index (χ4n) is 4.64. The summed E-state index contributed by atoms with van der Waals surface area (Å²) in [6.45, 7) is 3.94. The molecule has 1 saturated heterocycles. The molecule has 0 bridgehead atoms. The largest absolute Gasteiger partial charge is 0.497 e. The molecular weight excluding hydrogens is 452 g/mol. The first-order valence-corrected chi connectivity index (χ1v) is 12.5.